The van der Waals surface area contributed by atoms with Crippen LogP contribution in [0.4, 0.5) is 0 Å². The minimum absolute atomic E-state index is 0. The van der Waals surface area contributed by atoms with E-state index >= 15 is 0 Å². The predicted molar refractivity (Wildman–Crippen MR) is 102 cm³/mol. The van der Waals surface area contributed by atoms with Crippen LogP contribution in [0.25, 0.3) is 0 Å². The van der Waals surface area contributed by atoms with Crippen LogP contribution in [0, 0.1) is 11.8 Å². The molecule has 1 aliphatic heterocycles. The van der Waals surface area contributed by atoms with Crippen molar-refractivity contribution >= 4 is 24.2 Å². The molecule has 3 fully saturated rings. The van der Waals surface area contributed by atoms with Gasteiger partial charge in [0.15, 0.2) is 0 Å². The number of amides is 2. The molecule has 144 valence electrons. The molecule has 5 nitrogen and oxygen atoms in total. The van der Waals surface area contributed by atoms with Crippen molar-refractivity contribution in [3.63, 3.8) is 0 Å². The van der Waals surface area contributed by atoms with Gasteiger partial charge in [-0.1, -0.05) is 19.3 Å². The molecule has 2 saturated carbocycles. The average Bonchev–Trinajstić information content (AvgIpc) is 3.13. The van der Waals surface area contributed by atoms with Crippen LogP contribution in [0.1, 0.15) is 64.2 Å². The first kappa shape index (κ1) is 20.5. The van der Waals surface area contributed by atoms with Gasteiger partial charge in [0.05, 0.1) is 0 Å². The molecule has 0 aromatic rings. The lowest BCUT2D eigenvalue weighted by molar-refractivity contribution is -0.134. The maximum atomic E-state index is 12.6. The second-order valence-electron chi connectivity index (χ2n) is 8.03. The third kappa shape index (κ3) is 5.58. The Bertz CT molecular complexity index is 454. The molecule has 0 unspecified atom stereocenters. The number of hydrogen-bond donors (Lipinski definition) is 1. The topological polar surface area (TPSA) is 66.6 Å². The molecule has 2 amide bonds. The van der Waals surface area contributed by atoms with Crippen LogP contribution in [-0.2, 0) is 9.59 Å². The van der Waals surface area contributed by atoms with Crippen LogP contribution < -0.4 is 5.73 Å². The molecule has 3 aliphatic rings. The largest absolute Gasteiger partial charge is 0.341 e. The highest BCUT2D eigenvalue weighted by Crippen LogP contribution is 2.29. The minimum Gasteiger partial charge on any atom is -0.341 e. The first-order chi connectivity index (χ1) is 11.6. The van der Waals surface area contributed by atoms with Gasteiger partial charge in [0, 0.05) is 45.1 Å². The molecule has 25 heavy (non-hydrogen) atoms. The summed E-state index contributed by atoms with van der Waals surface area (Å²) in [6.45, 7) is 2.98. The van der Waals surface area contributed by atoms with E-state index in [1.807, 2.05) is 9.80 Å². The fraction of sp³-hybridized carbons (Fsp3) is 0.895. The molecule has 2 N–H and O–H groups in total. The van der Waals surface area contributed by atoms with E-state index in [-0.39, 0.29) is 24.4 Å². The highest BCUT2D eigenvalue weighted by atomic mass is 35.5. The lowest BCUT2D eigenvalue weighted by atomic mass is 9.99. The Morgan fingerprint density at radius 2 is 1.36 bits per heavy atom. The summed E-state index contributed by atoms with van der Waals surface area (Å²) in [5.41, 5.74) is 6.10. The van der Waals surface area contributed by atoms with Gasteiger partial charge in [0.25, 0.3) is 0 Å². The number of nitrogens with two attached hydrogens (primary N) is 1. The number of hydrogen-bond acceptors (Lipinski definition) is 3. The SMILES string of the molecule is Cl.N[C@@H]1CCC[C@H]1CC(=O)N1CCCN(C(=O)CC2CCCC2)CC1. The molecule has 2 aliphatic carbocycles. The zero-order valence-electron chi connectivity index (χ0n) is 15.3. The third-order valence-corrected chi connectivity index (χ3v) is 6.29. The number of carbonyl (C=O) groups excluding carboxylic acids is 2. The Morgan fingerprint density at radius 3 is 1.92 bits per heavy atom. The summed E-state index contributed by atoms with van der Waals surface area (Å²) in [4.78, 5) is 29.0. The molecule has 0 spiro atoms. The lowest BCUT2D eigenvalue weighted by Crippen LogP contribution is -2.39. The van der Waals surface area contributed by atoms with E-state index in [2.05, 4.69) is 0 Å². The second-order valence-corrected chi connectivity index (χ2v) is 8.03. The Labute approximate surface area is 158 Å². The first-order valence-electron chi connectivity index (χ1n) is 9.94. The molecular formula is C19H34ClN3O2. The maximum absolute atomic E-state index is 12.6. The summed E-state index contributed by atoms with van der Waals surface area (Å²) < 4.78 is 0. The van der Waals surface area contributed by atoms with E-state index in [9.17, 15) is 9.59 Å². The van der Waals surface area contributed by atoms with Crippen LogP contribution in [0.3, 0.4) is 0 Å². The van der Waals surface area contributed by atoms with Crippen molar-refractivity contribution in [1.29, 1.82) is 0 Å². The van der Waals surface area contributed by atoms with Crippen molar-refractivity contribution in [2.24, 2.45) is 17.6 Å². The van der Waals surface area contributed by atoms with Crippen molar-refractivity contribution in [3.05, 3.63) is 0 Å². The van der Waals surface area contributed by atoms with Crippen molar-refractivity contribution < 1.29 is 9.59 Å². The molecule has 6 heteroatoms. The van der Waals surface area contributed by atoms with E-state index in [1.54, 1.807) is 0 Å². The van der Waals surface area contributed by atoms with Gasteiger partial charge < -0.3 is 15.5 Å². The first-order valence-corrected chi connectivity index (χ1v) is 9.94. The molecule has 3 rings (SSSR count). The van der Waals surface area contributed by atoms with E-state index in [0.717, 1.165) is 38.8 Å². The van der Waals surface area contributed by atoms with Gasteiger partial charge in [-0.25, -0.2) is 0 Å². The fourth-order valence-corrected chi connectivity index (χ4v) is 4.68. The molecule has 0 radical (unpaired) electrons. The third-order valence-electron chi connectivity index (χ3n) is 6.29. The monoisotopic (exact) mass is 371 g/mol. The van der Waals surface area contributed by atoms with Crippen molar-refractivity contribution in [2.75, 3.05) is 26.2 Å². The smallest absolute Gasteiger partial charge is 0.222 e. The van der Waals surface area contributed by atoms with Crippen LogP contribution in [-0.4, -0.2) is 53.8 Å². The summed E-state index contributed by atoms with van der Waals surface area (Å²) in [5.74, 6) is 1.50. The van der Waals surface area contributed by atoms with Crippen LogP contribution in [0.5, 0.6) is 0 Å². The van der Waals surface area contributed by atoms with Crippen LogP contribution in [0.2, 0.25) is 0 Å². The van der Waals surface area contributed by atoms with E-state index in [4.69, 9.17) is 5.73 Å². The second kappa shape index (κ2) is 9.77. The summed E-state index contributed by atoms with van der Waals surface area (Å²) >= 11 is 0. The van der Waals surface area contributed by atoms with Crippen molar-refractivity contribution in [1.82, 2.24) is 9.80 Å². The molecule has 2 atom stereocenters. The normalized spacial score (nSPS) is 27.9. The molecule has 0 aromatic heterocycles. The zero-order valence-corrected chi connectivity index (χ0v) is 16.1. The Morgan fingerprint density at radius 1 is 0.760 bits per heavy atom. The van der Waals surface area contributed by atoms with Gasteiger partial charge in [-0.3, -0.25) is 9.59 Å². The van der Waals surface area contributed by atoms with Gasteiger partial charge in [0.1, 0.15) is 0 Å². The predicted octanol–water partition coefficient (Wildman–Crippen LogP) is 2.57. The fourth-order valence-electron chi connectivity index (χ4n) is 4.68. The Hall–Kier alpha value is -0.810. The molecule has 1 saturated heterocycles. The highest BCUT2D eigenvalue weighted by Gasteiger charge is 2.29. The molecule has 0 aromatic carbocycles. The summed E-state index contributed by atoms with van der Waals surface area (Å²) in [6, 6.07) is 0.199. The Kier molecular flexibility index (Phi) is 8.01. The quantitative estimate of drug-likeness (QED) is 0.825. The average molecular weight is 372 g/mol. The van der Waals surface area contributed by atoms with Gasteiger partial charge in [-0.05, 0) is 43.9 Å². The van der Waals surface area contributed by atoms with E-state index in [0.29, 0.717) is 43.7 Å². The standard InChI is InChI=1S/C19H33N3O2.ClH/c20-17-8-3-7-16(17)14-19(24)22-10-4-9-21(11-12-22)18(23)13-15-5-1-2-6-15;/h15-17H,1-14,20H2;1H/t16-,17+;/m0./s1. The van der Waals surface area contributed by atoms with Crippen molar-refractivity contribution in [3.8, 4) is 0 Å². The molecule has 1 heterocycles. The number of nitrogens with zero attached hydrogens (tertiary/aromatic N) is 2. The van der Waals surface area contributed by atoms with E-state index in [1.165, 1.54) is 25.7 Å². The summed E-state index contributed by atoms with van der Waals surface area (Å²) in [6.07, 6.45) is 10.5. The van der Waals surface area contributed by atoms with E-state index < -0.39 is 0 Å². The van der Waals surface area contributed by atoms with Gasteiger partial charge in [-0.15, -0.1) is 12.4 Å². The van der Waals surface area contributed by atoms with Crippen LogP contribution in [0.15, 0.2) is 0 Å². The number of carbonyl (C=O) groups is 2. The zero-order chi connectivity index (χ0) is 16.9. The number of halogens is 1. The molecule has 0 bridgehead atoms. The molecular weight excluding hydrogens is 338 g/mol. The summed E-state index contributed by atoms with van der Waals surface area (Å²) in [7, 11) is 0. The summed E-state index contributed by atoms with van der Waals surface area (Å²) in [5, 5.41) is 0. The minimum atomic E-state index is 0. The number of rotatable bonds is 4. The van der Waals surface area contributed by atoms with Gasteiger partial charge in [-0.2, -0.15) is 0 Å². The highest BCUT2D eigenvalue weighted by molar-refractivity contribution is 5.85. The van der Waals surface area contributed by atoms with Crippen LogP contribution >= 0.6 is 12.4 Å². The van der Waals surface area contributed by atoms with Crippen molar-refractivity contribution in [2.45, 2.75) is 70.3 Å². The lowest BCUT2D eigenvalue weighted by Gasteiger charge is -2.25. The maximum Gasteiger partial charge on any atom is 0.222 e. The van der Waals surface area contributed by atoms with Gasteiger partial charge >= 0.3 is 0 Å². The van der Waals surface area contributed by atoms with Gasteiger partial charge in [0.2, 0.25) is 11.8 Å². The Balaban J connectivity index is 0.00000225.